The van der Waals surface area contributed by atoms with Crippen LogP contribution in [0.4, 0.5) is 0 Å². The summed E-state index contributed by atoms with van der Waals surface area (Å²) in [5.74, 6) is 0. The minimum absolute atomic E-state index is 0.413. The van der Waals surface area contributed by atoms with Crippen molar-refractivity contribution in [2.75, 3.05) is 0 Å². The lowest BCUT2D eigenvalue weighted by Gasteiger charge is -1.83. The summed E-state index contributed by atoms with van der Waals surface area (Å²) in [5, 5.41) is 17.7. The molecule has 1 unspecified atom stereocenters. The predicted molar refractivity (Wildman–Crippen MR) is 20.4 cm³/mol. The molecule has 33 valence electrons. The zero-order chi connectivity index (χ0) is 4.99. The van der Waals surface area contributed by atoms with Gasteiger partial charge in [-0.25, -0.2) is 5.11 Å². The monoisotopic (exact) mass is 84.0 g/mol. The Morgan fingerprint density at radius 2 is 2.50 bits per heavy atom. The van der Waals surface area contributed by atoms with Gasteiger partial charge in [-0.15, -0.1) is 0 Å². The van der Waals surface area contributed by atoms with Crippen molar-refractivity contribution in [3.63, 3.8) is 0 Å². The van der Waals surface area contributed by atoms with Crippen LogP contribution in [-0.2, 0) is 5.11 Å². The van der Waals surface area contributed by atoms with Gasteiger partial charge in [0.15, 0.2) is 6.10 Å². The molecule has 0 aromatic carbocycles. The van der Waals surface area contributed by atoms with Gasteiger partial charge < -0.3 is 0 Å². The second-order valence-electron chi connectivity index (χ2n) is 1.03. The van der Waals surface area contributed by atoms with Crippen LogP contribution in [0, 0.1) is 11.3 Å². The third-order valence-electron chi connectivity index (χ3n) is 0.515. The van der Waals surface area contributed by atoms with Crippen LogP contribution >= 0.6 is 0 Å². The van der Waals surface area contributed by atoms with Crippen molar-refractivity contribution in [3.05, 3.63) is 0 Å². The smallest absolute Gasteiger partial charge is 0.178 e. The molecule has 2 heteroatoms. The first-order valence-electron chi connectivity index (χ1n) is 1.86. The molecule has 1 atom stereocenters. The van der Waals surface area contributed by atoms with E-state index in [-0.39, 0.29) is 0 Å². The van der Waals surface area contributed by atoms with Crippen LogP contribution < -0.4 is 0 Å². The second kappa shape index (κ2) is 2.67. The summed E-state index contributed by atoms with van der Waals surface area (Å²) in [7, 11) is 0. The van der Waals surface area contributed by atoms with E-state index in [1.54, 1.807) is 13.0 Å². The molecule has 0 aliphatic rings. The van der Waals surface area contributed by atoms with Gasteiger partial charge in [-0.05, 0) is 6.42 Å². The van der Waals surface area contributed by atoms with E-state index >= 15 is 0 Å². The van der Waals surface area contributed by atoms with Gasteiger partial charge >= 0.3 is 0 Å². The fourth-order valence-electron chi connectivity index (χ4n) is 0.0913. The first-order valence-corrected chi connectivity index (χ1v) is 1.86. The average molecular weight is 84.1 g/mol. The lowest BCUT2D eigenvalue weighted by Crippen LogP contribution is -1.94. The summed E-state index contributed by atoms with van der Waals surface area (Å²) in [6.45, 7) is 1.70. The summed E-state index contributed by atoms with van der Waals surface area (Å²) in [6.07, 6.45) is -0.596. The molecule has 0 aliphatic carbocycles. The van der Waals surface area contributed by atoms with E-state index in [1.807, 2.05) is 0 Å². The van der Waals surface area contributed by atoms with Crippen molar-refractivity contribution in [3.8, 4) is 6.07 Å². The van der Waals surface area contributed by atoms with Gasteiger partial charge in [-0.1, -0.05) is 6.92 Å². The number of nitriles is 1. The highest BCUT2D eigenvalue weighted by Crippen LogP contribution is 1.83. The number of hydrogen-bond acceptors (Lipinski definition) is 1. The Kier molecular flexibility index (Phi) is 2.43. The lowest BCUT2D eigenvalue weighted by atomic mass is 10.3. The molecule has 0 saturated carbocycles. The standard InChI is InChI=1S/C4H6NO/c1-2-4(6)3-5/h4H,2H2,1H3. The SMILES string of the molecule is CCC([O])C#N. The Hall–Kier alpha value is -0.550. The molecule has 2 nitrogen and oxygen atoms in total. The first kappa shape index (κ1) is 5.45. The number of rotatable bonds is 1. The molecule has 1 radical (unpaired) electrons. The van der Waals surface area contributed by atoms with Crippen LogP contribution in [0.2, 0.25) is 0 Å². The van der Waals surface area contributed by atoms with Gasteiger partial charge in [-0.2, -0.15) is 5.26 Å². The van der Waals surface area contributed by atoms with Crippen molar-refractivity contribution in [1.29, 1.82) is 5.26 Å². The molecule has 0 N–H and O–H groups in total. The first-order chi connectivity index (χ1) is 2.81. The van der Waals surface area contributed by atoms with Crippen molar-refractivity contribution in [1.82, 2.24) is 0 Å². The highest BCUT2D eigenvalue weighted by atomic mass is 16.3. The van der Waals surface area contributed by atoms with Gasteiger partial charge in [0.05, 0.1) is 6.07 Å². The molecule has 0 spiro atoms. The molecule has 6 heavy (non-hydrogen) atoms. The van der Waals surface area contributed by atoms with E-state index in [4.69, 9.17) is 5.26 Å². The maximum Gasteiger partial charge on any atom is 0.178 e. The second-order valence-corrected chi connectivity index (χ2v) is 1.03. The van der Waals surface area contributed by atoms with Gasteiger partial charge in [0, 0.05) is 0 Å². The van der Waals surface area contributed by atoms with E-state index in [9.17, 15) is 5.11 Å². The van der Waals surface area contributed by atoms with E-state index in [0.717, 1.165) is 0 Å². The maximum absolute atomic E-state index is 9.90. The zero-order valence-electron chi connectivity index (χ0n) is 3.64. The Labute approximate surface area is 37.0 Å². The third kappa shape index (κ3) is 1.74. The van der Waals surface area contributed by atoms with E-state index in [2.05, 4.69) is 0 Å². The third-order valence-corrected chi connectivity index (χ3v) is 0.515. The van der Waals surface area contributed by atoms with Crippen molar-refractivity contribution in [2.24, 2.45) is 0 Å². The molecule has 0 amide bonds. The number of nitrogens with zero attached hydrogens (tertiary/aromatic N) is 1. The lowest BCUT2D eigenvalue weighted by molar-refractivity contribution is 0.133. The summed E-state index contributed by atoms with van der Waals surface area (Å²) in [5.41, 5.74) is 0. The Morgan fingerprint density at radius 3 is 2.50 bits per heavy atom. The molecule has 0 aliphatic heterocycles. The molecule has 0 saturated heterocycles. The van der Waals surface area contributed by atoms with Crippen molar-refractivity contribution >= 4 is 0 Å². The van der Waals surface area contributed by atoms with Crippen molar-refractivity contribution in [2.45, 2.75) is 19.4 Å². The van der Waals surface area contributed by atoms with Crippen molar-refractivity contribution < 1.29 is 5.11 Å². The molecule has 0 fully saturated rings. The molecule has 0 bridgehead atoms. The van der Waals surface area contributed by atoms with Gasteiger partial charge in [0.2, 0.25) is 0 Å². The topological polar surface area (TPSA) is 43.7 Å². The molecular weight excluding hydrogens is 78.1 g/mol. The largest absolute Gasteiger partial charge is 0.217 e. The number of hydrogen-bond donors (Lipinski definition) is 0. The fraction of sp³-hybridized carbons (Fsp3) is 0.750. The van der Waals surface area contributed by atoms with Crippen LogP contribution in [0.5, 0.6) is 0 Å². The highest BCUT2D eigenvalue weighted by molar-refractivity contribution is 4.79. The zero-order valence-corrected chi connectivity index (χ0v) is 3.64. The molecule has 0 aromatic rings. The van der Waals surface area contributed by atoms with Crippen LogP contribution in [-0.4, -0.2) is 6.10 Å². The van der Waals surface area contributed by atoms with Crippen LogP contribution in [0.3, 0.4) is 0 Å². The molecular formula is C4H6NO. The Balaban J connectivity index is 3.04. The molecule has 0 heterocycles. The summed E-state index contributed by atoms with van der Waals surface area (Å²) in [6, 6.07) is 1.56. The summed E-state index contributed by atoms with van der Waals surface area (Å²) in [4.78, 5) is 0. The average Bonchev–Trinajstić information content (AvgIpc) is 1.65. The van der Waals surface area contributed by atoms with E-state index < -0.39 is 6.10 Å². The highest BCUT2D eigenvalue weighted by Gasteiger charge is 1.93. The van der Waals surface area contributed by atoms with Gasteiger partial charge in [0.25, 0.3) is 0 Å². The Bertz CT molecular complexity index is 64.4. The summed E-state index contributed by atoms with van der Waals surface area (Å²) < 4.78 is 0. The van der Waals surface area contributed by atoms with Crippen LogP contribution in [0.25, 0.3) is 0 Å². The minimum atomic E-state index is -1.01. The quantitative estimate of drug-likeness (QED) is 0.461. The van der Waals surface area contributed by atoms with E-state index in [1.165, 1.54) is 0 Å². The normalized spacial score (nSPS) is 12.8. The van der Waals surface area contributed by atoms with Gasteiger partial charge in [-0.3, -0.25) is 0 Å². The molecule has 0 aromatic heterocycles. The molecule has 0 rings (SSSR count). The predicted octanol–water partition coefficient (Wildman–Crippen LogP) is 0.719. The fourth-order valence-corrected chi connectivity index (χ4v) is 0.0913. The van der Waals surface area contributed by atoms with Crippen LogP contribution in [0.15, 0.2) is 0 Å². The minimum Gasteiger partial charge on any atom is -0.217 e. The van der Waals surface area contributed by atoms with E-state index in [0.29, 0.717) is 6.42 Å². The summed E-state index contributed by atoms with van der Waals surface area (Å²) >= 11 is 0. The van der Waals surface area contributed by atoms with Gasteiger partial charge in [0.1, 0.15) is 0 Å². The van der Waals surface area contributed by atoms with Crippen LogP contribution in [0.1, 0.15) is 13.3 Å². The Morgan fingerprint density at radius 1 is 2.00 bits per heavy atom. The maximum atomic E-state index is 9.90.